The Balaban J connectivity index is 2.02. The normalized spacial score (nSPS) is 30.8. The van der Waals surface area contributed by atoms with Crippen LogP contribution in [0, 0.1) is 0 Å². The fourth-order valence-electron chi connectivity index (χ4n) is 2.95. The van der Waals surface area contributed by atoms with Gasteiger partial charge in [-0.3, -0.25) is 0 Å². The van der Waals surface area contributed by atoms with Crippen LogP contribution in [0.15, 0.2) is 12.1 Å². The summed E-state index contributed by atoms with van der Waals surface area (Å²) in [6.45, 7) is 1.72. The number of aromatic hydroxyl groups is 2. The second-order valence-corrected chi connectivity index (χ2v) is 5.23. The van der Waals surface area contributed by atoms with Crippen LogP contribution in [-0.4, -0.2) is 28.9 Å². The first-order chi connectivity index (χ1) is 8.61. The molecule has 2 unspecified atom stereocenters. The van der Waals surface area contributed by atoms with Gasteiger partial charge in [0.2, 0.25) is 5.75 Å². The summed E-state index contributed by atoms with van der Waals surface area (Å²) in [5, 5.41) is 22.8. The minimum Gasteiger partial charge on any atom is -0.504 e. The summed E-state index contributed by atoms with van der Waals surface area (Å²) in [5.74, 6) is -0.0215. The van der Waals surface area contributed by atoms with Crippen molar-refractivity contribution < 1.29 is 14.9 Å². The molecule has 0 aliphatic carbocycles. The van der Waals surface area contributed by atoms with E-state index in [4.69, 9.17) is 10.5 Å². The van der Waals surface area contributed by atoms with Gasteiger partial charge in [0.05, 0.1) is 0 Å². The maximum Gasteiger partial charge on any atom is 0.200 e. The molecule has 1 aromatic carbocycles. The number of fused-ring (bicyclic) bond motifs is 1. The molecular formula is C13H18N2O3. The summed E-state index contributed by atoms with van der Waals surface area (Å²) in [4.78, 5) is 0. The van der Waals surface area contributed by atoms with Gasteiger partial charge in [-0.2, -0.15) is 0 Å². The van der Waals surface area contributed by atoms with Gasteiger partial charge in [0.15, 0.2) is 11.5 Å². The zero-order valence-electron chi connectivity index (χ0n) is 10.1. The van der Waals surface area contributed by atoms with Gasteiger partial charge < -0.3 is 26.0 Å². The zero-order chi connectivity index (χ0) is 12.8. The zero-order valence-corrected chi connectivity index (χ0v) is 10.1. The SMILES string of the molecule is NC1CC2(CCCNC2)Oc2c1ccc(O)c2O. The number of hydrogen-bond acceptors (Lipinski definition) is 5. The highest BCUT2D eigenvalue weighted by Crippen LogP contribution is 2.48. The van der Waals surface area contributed by atoms with Crippen molar-refractivity contribution in [3.63, 3.8) is 0 Å². The molecule has 5 N–H and O–H groups in total. The molecule has 0 saturated carbocycles. The van der Waals surface area contributed by atoms with Crippen molar-refractivity contribution in [1.29, 1.82) is 0 Å². The lowest BCUT2D eigenvalue weighted by atomic mass is 9.82. The fourth-order valence-corrected chi connectivity index (χ4v) is 2.95. The Morgan fingerprint density at radius 1 is 1.39 bits per heavy atom. The Morgan fingerprint density at radius 2 is 2.22 bits per heavy atom. The second kappa shape index (κ2) is 4.03. The first-order valence-corrected chi connectivity index (χ1v) is 6.31. The first kappa shape index (κ1) is 11.6. The largest absolute Gasteiger partial charge is 0.504 e. The molecule has 0 radical (unpaired) electrons. The first-order valence-electron chi connectivity index (χ1n) is 6.31. The Hall–Kier alpha value is -1.46. The third kappa shape index (κ3) is 1.71. The Kier molecular flexibility index (Phi) is 2.60. The highest BCUT2D eigenvalue weighted by Gasteiger charge is 2.42. The molecule has 18 heavy (non-hydrogen) atoms. The topological polar surface area (TPSA) is 87.7 Å². The molecule has 2 aliphatic heterocycles. The van der Waals surface area contributed by atoms with E-state index >= 15 is 0 Å². The molecular weight excluding hydrogens is 232 g/mol. The van der Waals surface area contributed by atoms with Crippen molar-refractivity contribution in [3.05, 3.63) is 17.7 Å². The van der Waals surface area contributed by atoms with Crippen LogP contribution in [0.3, 0.4) is 0 Å². The van der Waals surface area contributed by atoms with Crippen LogP contribution in [-0.2, 0) is 0 Å². The van der Waals surface area contributed by atoms with Gasteiger partial charge in [0.1, 0.15) is 5.60 Å². The van der Waals surface area contributed by atoms with E-state index in [2.05, 4.69) is 5.32 Å². The number of piperidine rings is 1. The molecule has 2 atom stereocenters. The van der Waals surface area contributed by atoms with Crippen LogP contribution in [0.4, 0.5) is 0 Å². The van der Waals surface area contributed by atoms with Gasteiger partial charge in [0.25, 0.3) is 0 Å². The third-order valence-corrected chi connectivity index (χ3v) is 3.88. The van der Waals surface area contributed by atoms with Crippen LogP contribution >= 0.6 is 0 Å². The molecule has 1 saturated heterocycles. The van der Waals surface area contributed by atoms with Crippen LogP contribution in [0.5, 0.6) is 17.2 Å². The number of nitrogens with two attached hydrogens (primary N) is 1. The number of rotatable bonds is 0. The summed E-state index contributed by atoms with van der Waals surface area (Å²) in [5.41, 5.74) is 6.58. The molecule has 0 aromatic heterocycles. The maximum absolute atomic E-state index is 9.92. The lowest BCUT2D eigenvalue weighted by Gasteiger charge is -2.43. The quantitative estimate of drug-likeness (QED) is 0.516. The standard InChI is InChI=1S/C13H18N2O3/c14-9-6-13(4-1-5-15-7-13)18-12-8(9)2-3-10(16)11(12)17/h2-3,9,15-17H,1,4-7,14H2. The molecule has 2 heterocycles. The average molecular weight is 250 g/mol. The van der Waals surface area contributed by atoms with Crippen molar-refractivity contribution in [2.75, 3.05) is 13.1 Å². The van der Waals surface area contributed by atoms with E-state index in [1.807, 2.05) is 0 Å². The number of ether oxygens (including phenoxy) is 1. The van der Waals surface area contributed by atoms with Gasteiger partial charge >= 0.3 is 0 Å². The van der Waals surface area contributed by atoms with Crippen LogP contribution in [0.2, 0.25) is 0 Å². The molecule has 1 fully saturated rings. The average Bonchev–Trinajstić information content (AvgIpc) is 2.35. The van der Waals surface area contributed by atoms with Crippen molar-refractivity contribution in [2.24, 2.45) is 5.73 Å². The molecule has 1 aromatic rings. The Bertz CT molecular complexity index is 470. The molecule has 2 aliphatic rings. The predicted molar refractivity (Wildman–Crippen MR) is 66.8 cm³/mol. The molecule has 5 heteroatoms. The fraction of sp³-hybridized carbons (Fsp3) is 0.538. The van der Waals surface area contributed by atoms with Gasteiger partial charge in [-0.25, -0.2) is 0 Å². The number of phenolic OH excluding ortho intramolecular Hbond substituents is 2. The maximum atomic E-state index is 9.92. The number of hydrogen-bond donors (Lipinski definition) is 4. The summed E-state index contributed by atoms with van der Waals surface area (Å²) >= 11 is 0. The molecule has 98 valence electrons. The van der Waals surface area contributed by atoms with Gasteiger partial charge in [-0.05, 0) is 31.5 Å². The molecule has 0 amide bonds. The number of benzene rings is 1. The van der Waals surface area contributed by atoms with Crippen molar-refractivity contribution >= 4 is 0 Å². The van der Waals surface area contributed by atoms with Crippen LogP contribution < -0.4 is 15.8 Å². The van der Waals surface area contributed by atoms with Gasteiger partial charge in [-0.1, -0.05) is 0 Å². The highest BCUT2D eigenvalue weighted by molar-refractivity contribution is 5.56. The Labute approximate surface area is 106 Å². The molecule has 5 nitrogen and oxygen atoms in total. The summed E-state index contributed by atoms with van der Waals surface area (Å²) in [7, 11) is 0. The smallest absolute Gasteiger partial charge is 0.200 e. The van der Waals surface area contributed by atoms with E-state index in [-0.39, 0.29) is 23.1 Å². The third-order valence-electron chi connectivity index (χ3n) is 3.88. The summed E-state index contributed by atoms with van der Waals surface area (Å²) < 4.78 is 5.99. The molecule has 3 rings (SSSR count). The van der Waals surface area contributed by atoms with Crippen molar-refractivity contribution in [3.8, 4) is 17.2 Å². The van der Waals surface area contributed by atoms with E-state index in [9.17, 15) is 10.2 Å². The molecule has 0 bridgehead atoms. The molecule has 1 spiro atoms. The lowest BCUT2D eigenvalue weighted by molar-refractivity contribution is 0.0109. The minimum absolute atomic E-state index is 0.165. The summed E-state index contributed by atoms with van der Waals surface area (Å²) in [6.07, 6.45) is 2.68. The number of nitrogens with one attached hydrogen (secondary N) is 1. The lowest BCUT2D eigenvalue weighted by Crippen LogP contribution is -2.53. The van der Waals surface area contributed by atoms with E-state index in [0.29, 0.717) is 5.75 Å². The van der Waals surface area contributed by atoms with Gasteiger partial charge in [0, 0.05) is 24.6 Å². The van der Waals surface area contributed by atoms with Gasteiger partial charge in [-0.15, -0.1) is 0 Å². The number of phenols is 2. The second-order valence-electron chi connectivity index (χ2n) is 5.23. The van der Waals surface area contributed by atoms with Crippen LogP contribution in [0.25, 0.3) is 0 Å². The Morgan fingerprint density at radius 3 is 2.94 bits per heavy atom. The van der Waals surface area contributed by atoms with Crippen molar-refractivity contribution in [2.45, 2.75) is 30.9 Å². The van der Waals surface area contributed by atoms with Crippen molar-refractivity contribution in [1.82, 2.24) is 5.32 Å². The minimum atomic E-state index is -0.351. The van der Waals surface area contributed by atoms with E-state index < -0.39 is 0 Å². The van der Waals surface area contributed by atoms with E-state index in [1.165, 1.54) is 6.07 Å². The predicted octanol–water partition coefficient (Wildman–Crippen LogP) is 1.00. The van der Waals surface area contributed by atoms with E-state index in [0.717, 1.165) is 37.9 Å². The van der Waals surface area contributed by atoms with E-state index in [1.54, 1.807) is 6.07 Å². The summed E-state index contributed by atoms with van der Waals surface area (Å²) in [6, 6.07) is 3.01. The van der Waals surface area contributed by atoms with Crippen LogP contribution in [0.1, 0.15) is 30.9 Å². The monoisotopic (exact) mass is 250 g/mol. The highest BCUT2D eigenvalue weighted by atomic mass is 16.5.